The molecule has 1 aromatic carbocycles. The van der Waals surface area contributed by atoms with Crippen LogP contribution in [0.15, 0.2) is 22.8 Å². The summed E-state index contributed by atoms with van der Waals surface area (Å²) in [5, 5.41) is 5.04. The van der Waals surface area contributed by atoms with Crippen molar-refractivity contribution in [2.24, 2.45) is 0 Å². The van der Waals surface area contributed by atoms with Crippen molar-refractivity contribution in [3.05, 3.63) is 28.4 Å². The van der Waals surface area contributed by atoms with E-state index >= 15 is 0 Å². The standard InChI is InChI=1S/C14H15BrN2O3/c1-14(2,3)20-12(19)7-17-11-5-4-9(8-18)6-10(11)13(15)16-17/h4-6,8H,7H2,1-3H3. The van der Waals surface area contributed by atoms with Crippen LogP contribution in [0.3, 0.4) is 0 Å². The van der Waals surface area contributed by atoms with Crippen molar-refractivity contribution >= 4 is 39.1 Å². The molecule has 1 aromatic heterocycles. The van der Waals surface area contributed by atoms with E-state index in [1.54, 1.807) is 22.9 Å². The van der Waals surface area contributed by atoms with E-state index in [1.165, 1.54) is 0 Å². The second-order valence-electron chi connectivity index (χ2n) is 5.43. The molecule has 2 rings (SSSR count). The molecule has 0 unspecified atom stereocenters. The van der Waals surface area contributed by atoms with E-state index in [4.69, 9.17) is 4.74 Å². The number of carbonyl (C=O) groups excluding carboxylic acids is 2. The van der Waals surface area contributed by atoms with E-state index < -0.39 is 5.60 Å². The zero-order chi connectivity index (χ0) is 14.9. The van der Waals surface area contributed by atoms with Gasteiger partial charge in [0.05, 0.1) is 5.52 Å². The fraction of sp³-hybridized carbons (Fsp3) is 0.357. The summed E-state index contributed by atoms with van der Waals surface area (Å²) in [6.45, 7) is 5.48. The minimum absolute atomic E-state index is 0.0276. The topological polar surface area (TPSA) is 61.2 Å². The van der Waals surface area contributed by atoms with E-state index in [0.29, 0.717) is 10.2 Å². The summed E-state index contributed by atoms with van der Waals surface area (Å²) in [6.07, 6.45) is 0.775. The van der Waals surface area contributed by atoms with Crippen molar-refractivity contribution < 1.29 is 14.3 Å². The van der Waals surface area contributed by atoms with Gasteiger partial charge in [0.2, 0.25) is 0 Å². The Bertz CT molecular complexity index is 671. The maximum absolute atomic E-state index is 11.8. The summed E-state index contributed by atoms with van der Waals surface area (Å²) < 4.78 is 7.43. The van der Waals surface area contributed by atoms with Gasteiger partial charge in [0.1, 0.15) is 23.0 Å². The molecule has 0 bridgehead atoms. The van der Waals surface area contributed by atoms with E-state index in [9.17, 15) is 9.59 Å². The number of aldehydes is 1. The van der Waals surface area contributed by atoms with Gasteiger partial charge in [0, 0.05) is 10.9 Å². The molecule has 0 atom stereocenters. The molecule has 0 aliphatic carbocycles. The molecule has 0 aliphatic rings. The summed E-state index contributed by atoms with van der Waals surface area (Å²) in [4.78, 5) is 22.6. The van der Waals surface area contributed by atoms with Gasteiger partial charge in [-0.15, -0.1) is 0 Å². The average Bonchev–Trinajstić information content (AvgIpc) is 2.63. The van der Waals surface area contributed by atoms with Gasteiger partial charge in [0.25, 0.3) is 0 Å². The molecule has 2 aromatic rings. The van der Waals surface area contributed by atoms with Crippen LogP contribution in [0.25, 0.3) is 10.9 Å². The molecule has 0 saturated carbocycles. The van der Waals surface area contributed by atoms with Gasteiger partial charge >= 0.3 is 5.97 Å². The van der Waals surface area contributed by atoms with Crippen LogP contribution in [0.2, 0.25) is 0 Å². The Morgan fingerprint density at radius 2 is 2.15 bits per heavy atom. The molecular weight excluding hydrogens is 324 g/mol. The van der Waals surface area contributed by atoms with Gasteiger partial charge in [0.15, 0.2) is 0 Å². The van der Waals surface area contributed by atoms with Crippen molar-refractivity contribution in [3.8, 4) is 0 Å². The zero-order valence-electron chi connectivity index (χ0n) is 11.5. The lowest BCUT2D eigenvalue weighted by atomic mass is 10.2. The normalized spacial score (nSPS) is 11.6. The van der Waals surface area contributed by atoms with E-state index in [-0.39, 0.29) is 12.5 Å². The number of benzene rings is 1. The Morgan fingerprint density at radius 1 is 1.45 bits per heavy atom. The Balaban J connectivity index is 2.32. The van der Waals surface area contributed by atoms with Crippen LogP contribution >= 0.6 is 15.9 Å². The van der Waals surface area contributed by atoms with Crippen LogP contribution in [-0.4, -0.2) is 27.6 Å². The number of aromatic nitrogens is 2. The SMILES string of the molecule is CC(C)(C)OC(=O)Cn1nc(Br)c2cc(C=O)ccc21. The van der Waals surface area contributed by atoms with Gasteiger partial charge in [-0.05, 0) is 54.9 Å². The lowest BCUT2D eigenvalue weighted by Gasteiger charge is -2.19. The molecule has 0 radical (unpaired) electrons. The number of fused-ring (bicyclic) bond motifs is 1. The van der Waals surface area contributed by atoms with Crippen LogP contribution in [-0.2, 0) is 16.1 Å². The summed E-state index contributed by atoms with van der Waals surface area (Å²) >= 11 is 3.33. The second-order valence-corrected chi connectivity index (χ2v) is 6.18. The highest BCUT2D eigenvalue weighted by molar-refractivity contribution is 9.10. The van der Waals surface area contributed by atoms with Crippen molar-refractivity contribution in [2.45, 2.75) is 32.9 Å². The maximum Gasteiger partial charge on any atom is 0.328 e. The third kappa shape index (κ3) is 3.25. The Labute approximate surface area is 125 Å². The van der Waals surface area contributed by atoms with Gasteiger partial charge in [-0.25, -0.2) is 0 Å². The van der Waals surface area contributed by atoms with Crippen LogP contribution in [0.1, 0.15) is 31.1 Å². The molecule has 1 heterocycles. The number of hydrogen-bond acceptors (Lipinski definition) is 4. The third-order valence-corrected chi connectivity index (χ3v) is 3.15. The number of esters is 1. The first kappa shape index (κ1) is 14.7. The van der Waals surface area contributed by atoms with Crippen molar-refractivity contribution in [3.63, 3.8) is 0 Å². The van der Waals surface area contributed by atoms with Crippen LogP contribution in [0.5, 0.6) is 0 Å². The molecule has 6 heteroatoms. The Morgan fingerprint density at radius 3 is 2.75 bits per heavy atom. The lowest BCUT2D eigenvalue weighted by Crippen LogP contribution is -2.26. The van der Waals surface area contributed by atoms with E-state index in [0.717, 1.165) is 17.2 Å². The summed E-state index contributed by atoms with van der Waals surface area (Å²) in [5.74, 6) is -0.353. The first-order valence-electron chi connectivity index (χ1n) is 6.13. The average molecular weight is 339 g/mol. The first-order chi connectivity index (χ1) is 9.30. The molecular formula is C14H15BrN2O3. The highest BCUT2D eigenvalue weighted by atomic mass is 79.9. The minimum Gasteiger partial charge on any atom is -0.459 e. The Hall–Kier alpha value is -1.69. The summed E-state index contributed by atoms with van der Waals surface area (Å²) in [7, 11) is 0. The predicted octanol–water partition coefficient (Wildman–Crippen LogP) is 2.95. The zero-order valence-corrected chi connectivity index (χ0v) is 13.1. The third-order valence-electron chi connectivity index (χ3n) is 2.56. The summed E-state index contributed by atoms with van der Waals surface area (Å²) in [5.41, 5.74) is 0.811. The number of halogens is 1. The number of nitrogens with zero attached hydrogens (tertiary/aromatic N) is 2. The smallest absolute Gasteiger partial charge is 0.328 e. The van der Waals surface area contributed by atoms with Gasteiger partial charge in [-0.2, -0.15) is 5.10 Å². The van der Waals surface area contributed by atoms with Crippen LogP contribution in [0.4, 0.5) is 0 Å². The highest BCUT2D eigenvalue weighted by Crippen LogP contribution is 2.24. The largest absolute Gasteiger partial charge is 0.459 e. The highest BCUT2D eigenvalue weighted by Gasteiger charge is 2.18. The molecule has 0 N–H and O–H groups in total. The van der Waals surface area contributed by atoms with Gasteiger partial charge in [-0.1, -0.05) is 0 Å². The maximum atomic E-state index is 11.8. The number of hydrogen-bond donors (Lipinski definition) is 0. The number of rotatable bonds is 3. The fourth-order valence-corrected chi connectivity index (χ4v) is 2.36. The Kier molecular flexibility index (Phi) is 3.94. The molecule has 0 saturated heterocycles. The lowest BCUT2D eigenvalue weighted by molar-refractivity contribution is -0.155. The molecule has 0 aliphatic heterocycles. The van der Waals surface area contributed by atoms with Gasteiger partial charge < -0.3 is 4.74 Å². The monoisotopic (exact) mass is 338 g/mol. The van der Waals surface area contributed by atoms with E-state index in [1.807, 2.05) is 20.8 Å². The molecule has 0 fully saturated rings. The quantitative estimate of drug-likeness (QED) is 0.637. The molecule has 0 spiro atoms. The fourth-order valence-electron chi connectivity index (χ4n) is 1.85. The molecule has 20 heavy (non-hydrogen) atoms. The minimum atomic E-state index is -0.526. The number of carbonyl (C=O) groups is 2. The second kappa shape index (κ2) is 5.36. The first-order valence-corrected chi connectivity index (χ1v) is 6.92. The van der Waals surface area contributed by atoms with Crippen LogP contribution in [0, 0.1) is 0 Å². The van der Waals surface area contributed by atoms with E-state index in [2.05, 4.69) is 21.0 Å². The molecule has 0 amide bonds. The number of ether oxygens (including phenoxy) is 1. The van der Waals surface area contributed by atoms with Crippen molar-refractivity contribution in [2.75, 3.05) is 0 Å². The van der Waals surface area contributed by atoms with Crippen LogP contribution < -0.4 is 0 Å². The summed E-state index contributed by atoms with van der Waals surface area (Å²) in [6, 6.07) is 5.18. The van der Waals surface area contributed by atoms with Crippen molar-refractivity contribution in [1.29, 1.82) is 0 Å². The predicted molar refractivity (Wildman–Crippen MR) is 78.7 cm³/mol. The van der Waals surface area contributed by atoms with Crippen molar-refractivity contribution in [1.82, 2.24) is 9.78 Å². The molecule has 5 nitrogen and oxygen atoms in total. The molecule has 106 valence electrons. The van der Waals surface area contributed by atoms with Gasteiger partial charge in [-0.3, -0.25) is 14.3 Å².